The van der Waals surface area contributed by atoms with Gasteiger partial charge in [0.2, 0.25) is 0 Å². The van der Waals surface area contributed by atoms with E-state index in [1.165, 1.54) is 50.0 Å². The van der Waals surface area contributed by atoms with Gasteiger partial charge in [-0.05, 0) is 68.2 Å². The van der Waals surface area contributed by atoms with E-state index in [0.29, 0.717) is 11.5 Å². The topological polar surface area (TPSA) is 47.9 Å². The first-order chi connectivity index (χ1) is 10.2. The predicted octanol–water partition coefficient (Wildman–Crippen LogP) is 3.19. The molecule has 2 N–H and O–H groups in total. The Morgan fingerprint density at radius 3 is 2.57 bits per heavy atom. The van der Waals surface area contributed by atoms with Crippen molar-refractivity contribution in [3.8, 4) is 6.07 Å². The van der Waals surface area contributed by atoms with Crippen molar-refractivity contribution in [1.29, 1.82) is 5.26 Å². The summed E-state index contributed by atoms with van der Waals surface area (Å²) in [4.78, 5) is 0. The molecule has 1 aromatic carbocycles. The fourth-order valence-electron chi connectivity index (χ4n) is 4.22. The van der Waals surface area contributed by atoms with Crippen LogP contribution >= 0.6 is 0 Å². The number of hydrogen-bond acceptors (Lipinski definition) is 3. The second-order valence-electron chi connectivity index (χ2n) is 7.28. The first kappa shape index (κ1) is 13.2. The van der Waals surface area contributed by atoms with Crippen LogP contribution in [0, 0.1) is 16.7 Å². The first-order valence-electron chi connectivity index (χ1n) is 8.23. The molecule has 1 saturated heterocycles. The molecule has 1 heterocycles. The van der Waals surface area contributed by atoms with Gasteiger partial charge in [-0.15, -0.1) is 0 Å². The molecule has 2 unspecified atom stereocenters. The van der Waals surface area contributed by atoms with E-state index in [9.17, 15) is 5.26 Å². The van der Waals surface area contributed by atoms with Gasteiger partial charge in [0.15, 0.2) is 0 Å². The summed E-state index contributed by atoms with van der Waals surface area (Å²) in [6, 6.07) is 11.7. The Bertz CT molecular complexity index is 559. The second kappa shape index (κ2) is 4.74. The summed E-state index contributed by atoms with van der Waals surface area (Å²) in [5, 5.41) is 16.5. The van der Waals surface area contributed by atoms with Gasteiger partial charge in [0.05, 0.1) is 11.5 Å². The maximum atomic E-state index is 9.26. The molecule has 3 fully saturated rings. The van der Waals surface area contributed by atoms with E-state index in [2.05, 4.69) is 41.0 Å². The van der Waals surface area contributed by atoms with Crippen LogP contribution in [-0.2, 0) is 5.41 Å². The van der Waals surface area contributed by atoms with Crippen LogP contribution in [0.3, 0.4) is 0 Å². The lowest BCUT2D eigenvalue weighted by atomic mass is 9.85. The minimum Gasteiger partial charge on any atom is -0.382 e. The Balaban J connectivity index is 1.41. The molecule has 0 amide bonds. The predicted molar refractivity (Wildman–Crippen MR) is 84.1 cm³/mol. The lowest BCUT2D eigenvalue weighted by molar-refractivity contribution is 0.333. The number of nitriles is 1. The number of nitrogens with zero attached hydrogens (tertiary/aromatic N) is 1. The van der Waals surface area contributed by atoms with Crippen molar-refractivity contribution in [1.82, 2.24) is 5.32 Å². The van der Waals surface area contributed by atoms with E-state index < -0.39 is 0 Å². The second-order valence-corrected chi connectivity index (χ2v) is 7.28. The van der Waals surface area contributed by atoms with Crippen LogP contribution in [0.4, 0.5) is 5.69 Å². The Hall–Kier alpha value is -1.53. The maximum absolute atomic E-state index is 9.26. The van der Waals surface area contributed by atoms with Crippen molar-refractivity contribution in [2.75, 3.05) is 18.4 Å². The van der Waals surface area contributed by atoms with Crippen molar-refractivity contribution in [2.24, 2.45) is 5.41 Å². The van der Waals surface area contributed by atoms with Gasteiger partial charge >= 0.3 is 0 Å². The summed E-state index contributed by atoms with van der Waals surface area (Å²) in [6.07, 6.45) is 7.32. The van der Waals surface area contributed by atoms with Gasteiger partial charge < -0.3 is 10.6 Å². The van der Waals surface area contributed by atoms with Crippen molar-refractivity contribution >= 4 is 5.69 Å². The number of benzene rings is 1. The number of nitrogens with one attached hydrogen (secondary N) is 2. The van der Waals surface area contributed by atoms with Crippen molar-refractivity contribution in [3.05, 3.63) is 29.8 Å². The summed E-state index contributed by atoms with van der Waals surface area (Å²) in [7, 11) is 0. The Kier molecular flexibility index (Phi) is 2.97. The van der Waals surface area contributed by atoms with E-state index >= 15 is 0 Å². The third-order valence-corrected chi connectivity index (χ3v) is 5.81. The molecule has 1 spiro atoms. The van der Waals surface area contributed by atoms with Crippen molar-refractivity contribution < 1.29 is 0 Å². The van der Waals surface area contributed by atoms with Crippen LogP contribution in [0.1, 0.15) is 44.1 Å². The molecule has 1 aromatic rings. The lowest BCUT2D eigenvalue weighted by Gasteiger charge is -2.22. The van der Waals surface area contributed by atoms with E-state index in [0.717, 1.165) is 12.8 Å². The fourth-order valence-corrected chi connectivity index (χ4v) is 4.22. The molecule has 1 aliphatic heterocycles. The Morgan fingerprint density at radius 1 is 1.14 bits per heavy atom. The number of hydrogen-bond donors (Lipinski definition) is 2. The van der Waals surface area contributed by atoms with Gasteiger partial charge in [-0.1, -0.05) is 12.1 Å². The Morgan fingerprint density at radius 2 is 1.95 bits per heavy atom. The van der Waals surface area contributed by atoms with Gasteiger partial charge in [-0.3, -0.25) is 0 Å². The molecular weight excluding hydrogens is 258 g/mol. The molecule has 2 aliphatic carbocycles. The average Bonchev–Trinajstić information content (AvgIpc) is 3.03. The van der Waals surface area contributed by atoms with Crippen molar-refractivity contribution in [3.63, 3.8) is 0 Å². The van der Waals surface area contributed by atoms with Crippen LogP contribution in [-0.4, -0.2) is 19.1 Å². The molecular formula is C18H23N3. The molecule has 0 bridgehead atoms. The summed E-state index contributed by atoms with van der Waals surface area (Å²) in [5.41, 5.74) is 2.81. The minimum absolute atomic E-state index is 0.161. The third-order valence-electron chi connectivity index (χ3n) is 5.81. The molecule has 3 aliphatic rings. The molecule has 0 aromatic heterocycles. The van der Waals surface area contributed by atoms with E-state index in [-0.39, 0.29) is 5.41 Å². The summed E-state index contributed by atoms with van der Waals surface area (Å²) >= 11 is 0. The van der Waals surface area contributed by atoms with E-state index in [1.54, 1.807) is 0 Å². The van der Waals surface area contributed by atoms with E-state index in [1.807, 2.05) is 0 Å². The molecule has 2 atom stereocenters. The normalized spacial score (nSPS) is 33.0. The van der Waals surface area contributed by atoms with Crippen LogP contribution in [0.2, 0.25) is 0 Å². The molecule has 4 rings (SSSR count). The molecule has 3 nitrogen and oxygen atoms in total. The quantitative estimate of drug-likeness (QED) is 0.894. The van der Waals surface area contributed by atoms with Crippen LogP contribution < -0.4 is 10.6 Å². The SMILES string of the molecule is N#CC1(c2ccc(NC3CCC4(CCNC4)C3)cc2)CC1. The molecule has 0 radical (unpaired) electrons. The lowest BCUT2D eigenvalue weighted by Crippen LogP contribution is -2.23. The van der Waals surface area contributed by atoms with Gasteiger partial charge in [-0.25, -0.2) is 0 Å². The van der Waals surface area contributed by atoms with Crippen LogP contribution in [0.25, 0.3) is 0 Å². The molecule has 21 heavy (non-hydrogen) atoms. The standard InChI is InChI=1S/C18H23N3/c19-12-18(7-8-18)14-1-3-15(4-2-14)21-16-5-6-17(11-16)9-10-20-13-17/h1-4,16,20-21H,5-11,13H2. The highest BCUT2D eigenvalue weighted by Crippen LogP contribution is 2.48. The summed E-state index contributed by atoms with van der Waals surface area (Å²) in [6.45, 7) is 2.40. The van der Waals surface area contributed by atoms with Gasteiger partial charge in [-0.2, -0.15) is 5.26 Å². The smallest absolute Gasteiger partial charge is 0.0823 e. The van der Waals surface area contributed by atoms with Gasteiger partial charge in [0.25, 0.3) is 0 Å². The van der Waals surface area contributed by atoms with Crippen LogP contribution in [0.5, 0.6) is 0 Å². The zero-order chi connectivity index (χ0) is 14.3. The minimum atomic E-state index is -0.161. The van der Waals surface area contributed by atoms with E-state index in [4.69, 9.17) is 0 Å². The van der Waals surface area contributed by atoms with Crippen LogP contribution in [0.15, 0.2) is 24.3 Å². The average molecular weight is 281 g/mol. The highest BCUT2D eigenvalue weighted by atomic mass is 15.0. The monoisotopic (exact) mass is 281 g/mol. The van der Waals surface area contributed by atoms with Crippen molar-refractivity contribution in [2.45, 2.75) is 50.0 Å². The number of rotatable bonds is 3. The largest absolute Gasteiger partial charge is 0.382 e. The Labute approximate surface area is 126 Å². The highest BCUT2D eigenvalue weighted by Gasteiger charge is 2.45. The third kappa shape index (κ3) is 2.32. The molecule has 110 valence electrons. The van der Waals surface area contributed by atoms with Gasteiger partial charge in [0, 0.05) is 18.3 Å². The first-order valence-corrected chi connectivity index (χ1v) is 8.23. The summed E-state index contributed by atoms with van der Waals surface area (Å²) < 4.78 is 0. The zero-order valence-corrected chi connectivity index (χ0v) is 12.5. The fraction of sp³-hybridized carbons (Fsp3) is 0.611. The zero-order valence-electron chi connectivity index (χ0n) is 12.5. The van der Waals surface area contributed by atoms with Gasteiger partial charge in [0.1, 0.15) is 0 Å². The summed E-state index contributed by atoms with van der Waals surface area (Å²) in [5.74, 6) is 0. The molecule has 2 saturated carbocycles. The molecule has 3 heteroatoms. The number of anilines is 1. The maximum Gasteiger partial charge on any atom is 0.0823 e. The highest BCUT2D eigenvalue weighted by molar-refractivity contribution is 5.50.